The van der Waals surface area contributed by atoms with Gasteiger partial charge in [-0.05, 0) is 19.4 Å². The van der Waals surface area contributed by atoms with Crippen molar-refractivity contribution in [3.63, 3.8) is 0 Å². The average molecular weight is 181 g/mol. The molecule has 4 heteroatoms. The smallest absolute Gasteiger partial charge is 0.269 e. The van der Waals surface area contributed by atoms with E-state index in [0.717, 1.165) is 13.0 Å². The van der Waals surface area contributed by atoms with Crippen molar-refractivity contribution in [2.45, 2.75) is 26.8 Å². The molecule has 0 radical (unpaired) electrons. The summed E-state index contributed by atoms with van der Waals surface area (Å²) < 4.78 is 1.69. The number of hydrogen-bond acceptors (Lipinski definition) is 2. The van der Waals surface area contributed by atoms with Crippen LogP contribution in [-0.4, -0.2) is 22.2 Å². The molecule has 0 fully saturated rings. The molecule has 1 aromatic heterocycles. The standard InChI is InChI=1S/C9H15N3O/c1-3-6-10-9(13)8-5-7-11-12(8)4-2/h5,7H,3-4,6H2,1-2H3,(H,10,13). The van der Waals surface area contributed by atoms with Crippen molar-refractivity contribution in [2.75, 3.05) is 6.54 Å². The molecule has 0 bridgehead atoms. The van der Waals surface area contributed by atoms with Crippen molar-refractivity contribution >= 4 is 5.91 Å². The second kappa shape index (κ2) is 4.64. The Morgan fingerprint density at radius 2 is 2.38 bits per heavy atom. The second-order valence-corrected chi connectivity index (χ2v) is 2.79. The molecule has 0 aliphatic heterocycles. The van der Waals surface area contributed by atoms with E-state index in [1.807, 2.05) is 13.8 Å². The summed E-state index contributed by atoms with van der Waals surface area (Å²) in [7, 11) is 0. The molecule has 0 atom stereocenters. The highest BCUT2D eigenvalue weighted by molar-refractivity contribution is 5.92. The SMILES string of the molecule is CCCNC(=O)c1ccnn1CC. The van der Waals surface area contributed by atoms with Gasteiger partial charge in [0.05, 0.1) is 0 Å². The summed E-state index contributed by atoms with van der Waals surface area (Å²) >= 11 is 0. The van der Waals surface area contributed by atoms with E-state index in [4.69, 9.17) is 0 Å². The Kier molecular flexibility index (Phi) is 3.49. The number of aromatic nitrogens is 2. The van der Waals surface area contributed by atoms with Crippen LogP contribution in [0, 0.1) is 0 Å². The van der Waals surface area contributed by atoms with Crippen molar-refractivity contribution in [1.29, 1.82) is 0 Å². The Morgan fingerprint density at radius 1 is 1.62 bits per heavy atom. The Bertz CT molecular complexity index is 280. The number of nitrogens with one attached hydrogen (secondary N) is 1. The molecule has 0 saturated carbocycles. The molecule has 1 rings (SSSR count). The van der Waals surface area contributed by atoms with Crippen molar-refractivity contribution in [1.82, 2.24) is 15.1 Å². The van der Waals surface area contributed by atoms with Gasteiger partial charge < -0.3 is 5.32 Å². The predicted molar refractivity (Wildman–Crippen MR) is 50.5 cm³/mol. The Hall–Kier alpha value is -1.32. The minimum atomic E-state index is -0.0406. The molecule has 1 N–H and O–H groups in total. The van der Waals surface area contributed by atoms with Crippen LogP contribution >= 0.6 is 0 Å². The number of carbonyl (C=O) groups is 1. The maximum absolute atomic E-state index is 11.5. The number of aryl methyl sites for hydroxylation is 1. The van der Waals surface area contributed by atoms with Crippen LogP contribution in [0.25, 0.3) is 0 Å². The highest BCUT2D eigenvalue weighted by atomic mass is 16.2. The molecule has 1 amide bonds. The molecule has 0 aliphatic carbocycles. The minimum Gasteiger partial charge on any atom is -0.351 e. The molecule has 0 aromatic carbocycles. The van der Waals surface area contributed by atoms with Crippen LogP contribution in [0.2, 0.25) is 0 Å². The maximum atomic E-state index is 11.5. The zero-order valence-electron chi connectivity index (χ0n) is 8.08. The van der Waals surface area contributed by atoms with Crippen LogP contribution < -0.4 is 5.32 Å². The minimum absolute atomic E-state index is 0.0406. The first kappa shape index (κ1) is 9.77. The van der Waals surface area contributed by atoms with Crippen LogP contribution in [0.5, 0.6) is 0 Å². The predicted octanol–water partition coefficient (Wildman–Crippen LogP) is 1.04. The first-order valence-corrected chi connectivity index (χ1v) is 4.59. The van der Waals surface area contributed by atoms with E-state index < -0.39 is 0 Å². The van der Waals surface area contributed by atoms with E-state index in [2.05, 4.69) is 10.4 Å². The molecule has 4 nitrogen and oxygen atoms in total. The zero-order valence-corrected chi connectivity index (χ0v) is 8.08. The topological polar surface area (TPSA) is 46.9 Å². The van der Waals surface area contributed by atoms with Gasteiger partial charge in [0.25, 0.3) is 5.91 Å². The van der Waals surface area contributed by atoms with Crippen LogP contribution in [0.4, 0.5) is 0 Å². The van der Waals surface area contributed by atoms with Crippen LogP contribution in [-0.2, 0) is 6.54 Å². The third-order valence-corrected chi connectivity index (χ3v) is 1.78. The van der Waals surface area contributed by atoms with E-state index in [9.17, 15) is 4.79 Å². The summed E-state index contributed by atoms with van der Waals surface area (Å²) in [4.78, 5) is 11.5. The van der Waals surface area contributed by atoms with Crippen LogP contribution in [0.3, 0.4) is 0 Å². The van der Waals surface area contributed by atoms with Crippen molar-refractivity contribution in [3.8, 4) is 0 Å². The van der Waals surface area contributed by atoms with Crippen molar-refractivity contribution in [2.24, 2.45) is 0 Å². The number of amides is 1. The zero-order chi connectivity index (χ0) is 9.68. The van der Waals surface area contributed by atoms with E-state index in [1.54, 1.807) is 16.9 Å². The Labute approximate surface area is 77.9 Å². The third-order valence-electron chi connectivity index (χ3n) is 1.78. The fourth-order valence-electron chi connectivity index (χ4n) is 1.11. The molecule has 13 heavy (non-hydrogen) atoms. The van der Waals surface area contributed by atoms with E-state index >= 15 is 0 Å². The van der Waals surface area contributed by atoms with Gasteiger partial charge in [-0.15, -0.1) is 0 Å². The average Bonchev–Trinajstić information content (AvgIpc) is 2.61. The van der Waals surface area contributed by atoms with Gasteiger partial charge in [0.15, 0.2) is 0 Å². The number of carbonyl (C=O) groups excluding carboxylic acids is 1. The lowest BCUT2D eigenvalue weighted by atomic mass is 10.4. The van der Waals surface area contributed by atoms with Gasteiger partial charge in [0.1, 0.15) is 5.69 Å². The van der Waals surface area contributed by atoms with Gasteiger partial charge in [-0.3, -0.25) is 9.48 Å². The summed E-state index contributed by atoms with van der Waals surface area (Å²) in [5.74, 6) is -0.0406. The summed E-state index contributed by atoms with van der Waals surface area (Å²) in [5.41, 5.74) is 0.635. The molecule has 0 unspecified atom stereocenters. The summed E-state index contributed by atoms with van der Waals surface area (Å²) in [6.07, 6.45) is 2.59. The molecular formula is C9H15N3O. The fraction of sp³-hybridized carbons (Fsp3) is 0.556. The normalized spacial score (nSPS) is 10.0. The quantitative estimate of drug-likeness (QED) is 0.754. The van der Waals surface area contributed by atoms with Gasteiger partial charge in [-0.1, -0.05) is 6.92 Å². The Morgan fingerprint density at radius 3 is 3.00 bits per heavy atom. The summed E-state index contributed by atoms with van der Waals surface area (Å²) in [6.45, 7) is 5.43. The van der Waals surface area contributed by atoms with Gasteiger partial charge in [-0.25, -0.2) is 0 Å². The van der Waals surface area contributed by atoms with Crippen LogP contribution in [0.1, 0.15) is 30.8 Å². The largest absolute Gasteiger partial charge is 0.351 e. The van der Waals surface area contributed by atoms with E-state index in [1.165, 1.54) is 0 Å². The number of hydrogen-bond donors (Lipinski definition) is 1. The van der Waals surface area contributed by atoms with Gasteiger partial charge in [-0.2, -0.15) is 5.10 Å². The second-order valence-electron chi connectivity index (χ2n) is 2.79. The molecule has 0 spiro atoms. The molecule has 1 aromatic rings. The van der Waals surface area contributed by atoms with E-state index in [0.29, 0.717) is 12.2 Å². The molecular weight excluding hydrogens is 166 g/mol. The van der Waals surface area contributed by atoms with E-state index in [-0.39, 0.29) is 5.91 Å². The van der Waals surface area contributed by atoms with Gasteiger partial charge in [0, 0.05) is 19.3 Å². The molecule has 0 aliphatic rings. The molecule has 0 saturated heterocycles. The monoisotopic (exact) mass is 181 g/mol. The first-order chi connectivity index (χ1) is 6.29. The third kappa shape index (κ3) is 2.31. The summed E-state index contributed by atoms with van der Waals surface area (Å²) in [6, 6.07) is 1.73. The van der Waals surface area contributed by atoms with Crippen molar-refractivity contribution < 1.29 is 4.79 Å². The lowest BCUT2D eigenvalue weighted by molar-refractivity contribution is 0.0943. The first-order valence-electron chi connectivity index (χ1n) is 4.59. The Balaban J connectivity index is 2.65. The lowest BCUT2D eigenvalue weighted by Gasteiger charge is -2.04. The summed E-state index contributed by atoms with van der Waals surface area (Å²) in [5, 5.41) is 6.83. The number of nitrogens with zero attached hydrogens (tertiary/aromatic N) is 2. The molecule has 1 heterocycles. The number of rotatable bonds is 4. The lowest BCUT2D eigenvalue weighted by Crippen LogP contribution is -2.26. The van der Waals surface area contributed by atoms with Gasteiger partial charge >= 0.3 is 0 Å². The van der Waals surface area contributed by atoms with Gasteiger partial charge in [0.2, 0.25) is 0 Å². The maximum Gasteiger partial charge on any atom is 0.269 e. The molecule has 72 valence electrons. The highest BCUT2D eigenvalue weighted by Crippen LogP contribution is 1.97. The fourth-order valence-corrected chi connectivity index (χ4v) is 1.11. The van der Waals surface area contributed by atoms with Crippen molar-refractivity contribution in [3.05, 3.63) is 18.0 Å². The van der Waals surface area contributed by atoms with Crippen LogP contribution in [0.15, 0.2) is 12.3 Å². The highest BCUT2D eigenvalue weighted by Gasteiger charge is 2.08.